The second-order valence-electron chi connectivity index (χ2n) is 7.26. The van der Waals surface area contributed by atoms with Crippen molar-refractivity contribution in [3.63, 3.8) is 0 Å². The van der Waals surface area contributed by atoms with Crippen LogP contribution in [0.5, 0.6) is 0 Å². The maximum absolute atomic E-state index is 12.4. The lowest BCUT2D eigenvalue weighted by Crippen LogP contribution is -2.57. The fourth-order valence-electron chi connectivity index (χ4n) is 2.87. The van der Waals surface area contributed by atoms with Crippen LogP contribution in [0.25, 0.3) is 0 Å². The summed E-state index contributed by atoms with van der Waals surface area (Å²) in [7, 11) is -1.19. The summed E-state index contributed by atoms with van der Waals surface area (Å²) in [6, 6.07) is 4.39. The molecule has 2 amide bonds. The van der Waals surface area contributed by atoms with Gasteiger partial charge in [-0.3, -0.25) is 14.4 Å². The highest BCUT2D eigenvalue weighted by Gasteiger charge is 2.43. The topological polar surface area (TPSA) is 134 Å². The molecule has 1 aliphatic rings. The van der Waals surface area contributed by atoms with Gasteiger partial charge in [0.2, 0.25) is 5.91 Å². The van der Waals surface area contributed by atoms with Crippen molar-refractivity contribution in [1.29, 1.82) is 0 Å². The first-order valence-electron chi connectivity index (χ1n) is 9.30. The Hall–Kier alpha value is -1.85. The fraction of sp³-hybridized carbons (Fsp3) is 0.500. The molecule has 0 aromatic heterocycles. The van der Waals surface area contributed by atoms with E-state index in [1.54, 1.807) is 0 Å². The molecule has 2 rings (SSSR count). The average Bonchev–Trinajstić information content (AvgIpc) is 2.66. The van der Waals surface area contributed by atoms with Crippen LogP contribution in [0.15, 0.2) is 18.2 Å². The Labute approximate surface area is 184 Å². The number of halogens is 2. The van der Waals surface area contributed by atoms with Crippen molar-refractivity contribution in [3.8, 4) is 0 Å². The van der Waals surface area contributed by atoms with Gasteiger partial charge in [-0.1, -0.05) is 37.0 Å². The highest BCUT2D eigenvalue weighted by atomic mass is 35.5. The molecule has 0 saturated carbocycles. The van der Waals surface area contributed by atoms with Gasteiger partial charge in [0.15, 0.2) is 6.29 Å². The van der Waals surface area contributed by atoms with Gasteiger partial charge in [-0.05, 0) is 30.5 Å². The van der Waals surface area contributed by atoms with E-state index in [1.165, 1.54) is 18.2 Å². The van der Waals surface area contributed by atoms with Crippen LogP contribution in [0.4, 0.5) is 0 Å². The normalized spacial score (nSPS) is 17.7. The minimum absolute atomic E-state index is 0.0943. The average molecular weight is 461 g/mol. The molecule has 4 N–H and O–H groups in total. The van der Waals surface area contributed by atoms with E-state index in [1.807, 2.05) is 13.8 Å². The molecule has 1 saturated heterocycles. The minimum atomic E-state index is -1.86. The van der Waals surface area contributed by atoms with E-state index in [-0.39, 0.29) is 29.5 Å². The van der Waals surface area contributed by atoms with Crippen molar-refractivity contribution in [2.75, 3.05) is 6.54 Å². The van der Waals surface area contributed by atoms with E-state index in [0.29, 0.717) is 11.4 Å². The molecule has 0 unspecified atom stereocenters. The molecule has 1 aliphatic heterocycles. The number of carbonyl (C=O) groups is 3. The predicted octanol–water partition coefficient (Wildman–Crippen LogP) is 0.924. The second-order valence-corrected chi connectivity index (χ2v) is 8.10. The Kier molecular flexibility index (Phi) is 8.93. The number of benzene rings is 1. The smallest absolute Gasteiger partial charge is 0.508 e. The lowest BCUT2D eigenvalue weighted by Gasteiger charge is -2.33. The summed E-state index contributed by atoms with van der Waals surface area (Å²) >= 11 is 11.8. The van der Waals surface area contributed by atoms with Crippen LogP contribution in [0.1, 0.15) is 37.0 Å². The number of hydrogen-bond donors (Lipinski definition) is 4. The van der Waals surface area contributed by atoms with Gasteiger partial charge in [0.05, 0.1) is 29.5 Å². The maximum Gasteiger partial charge on any atom is 0.551 e. The molecule has 9 nitrogen and oxygen atoms in total. The maximum atomic E-state index is 12.4. The van der Waals surface area contributed by atoms with E-state index in [9.17, 15) is 24.6 Å². The molecule has 0 aliphatic carbocycles. The molecule has 164 valence electrons. The van der Waals surface area contributed by atoms with Crippen molar-refractivity contribution in [2.45, 2.75) is 45.0 Å². The van der Waals surface area contributed by atoms with E-state index in [0.717, 1.165) is 0 Å². The standard InChI is InChI=1S/C18H23BCl2N2O7/c1-9(2)5-14(19-29-13(18(27)28)7-16(25)30-19)23-15(24)8-22-17(26)11-6-10(20)3-4-12(11)21/h3-4,6,9,13-14,18,27-28H,5,7-8H2,1-2H3,(H,22,26)(H,23,24)/t13-,14-/m0/s1. The Morgan fingerprint density at radius 3 is 2.63 bits per heavy atom. The Morgan fingerprint density at radius 2 is 2.00 bits per heavy atom. The number of hydrogen-bond acceptors (Lipinski definition) is 7. The molecule has 12 heteroatoms. The van der Waals surface area contributed by atoms with Gasteiger partial charge in [0, 0.05) is 5.02 Å². The van der Waals surface area contributed by atoms with E-state index in [4.69, 9.17) is 32.5 Å². The summed E-state index contributed by atoms with van der Waals surface area (Å²) in [5, 5.41) is 24.2. The summed E-state index contributed by atoms with van der Waals surface area (Å²) in [5.74, 6) is -2.47. The third kappa shape index (κ3) is 7.14. The Morgan fingerprint density at radius 1 is 1.30 bits per heavy atom. The molecular formula is C18H23BCl2N2O7. The lowest BCUT2D eigenvalue weighted by atomic mass is 9.72. The zero-order valence-electron chi connectivity index (χ0n) is 16.4. The lowest BCUT2D eigenvalue weighted by molar-refractivity contribution is -0.163. The van der Waals surface area contributed by atoms with Crippen LogP contribution >= 0.6 is 23.2 Å². The Balaban J connectivity index is 2.00. The second kappa shape index (κ2) is 11.0. The molecular weight excluding hydrogens is 438 g/mol. The first-order valence-corrected chi connectivity index (χ1v) is 10.1. The first-order chi connectivity index (χ1) is 14.1. The number of rotatable bonds is 8. The van der Waals surface area contributed by atoms with Gasteiger partial charge in [0.25, 0.3) is 11.9 Å². The SMILES string of the molecule is CC(C)C[C@H](NC(=O)CNC(=O)c1cc(Cl)ccc1Cl)B1OC(=O)C[C@@H](C(O)O)O1. The van der Waals surface area contributed by atoms with Gasteiger partial charge in [-0.15, -0.1) is 0 Å². The molecule has 1 aromatic carbocycles. The van der Waals surface area contributed by atoms with Crippen molar-refractivity contribution in [2.24, 2.45) is 5.92 Å². The number of carbonyl (C=O) groups excluding carboxylic acids is 3. The monoisotopic (exact) mass is 460 g/mol. The molecule has 2 atom stereocenters. The number of nitrogens with one attached hydrogen (secondary N) is 2. The zero-order valence-corrected chi connectivity index (χ0v) is 17.9. The van der Waals surface area contributed by atoms with E-state index in [2.05, 4.69) is 10.6 Å². The molecule has 0 bridgehead atoms. The van der Waals surface area contributed by atoms with Gasteiger partial charge >= 0.3 is 7.12 Å². The highest BCUT2D eigenvalue weighted by Crippen LogP contribution is 2.21. The predicted molar refractivity (Wildman–Crippen MR) is 110 cm³/mol. The summed E-state index contributed by atoms with van der Waals surface area (Å²) in [6.45, 7) is 3.42. The van der Waals surface area contributed by atoms with Crippen molar-refractivity contribution >= 4 is 48.1 Å². The molecule has 0 spiro atoms. The number of aliphatic hydroxyl groups is 2. The summed E-state index contributed by atoms with van der Waals surface area (Å²) < 4.78 is 10.6. The van der Waals surface area contributed by atoms with Gasteiger partial charge in [0.1, 0.15) is 6.10 Å². The molecule has 30 heavy (non-hydrogen) atoms. The number of amides is 2. The van der Waals surface area contributed by atoms with Crippen LogP contribution in [0.2, 0.25) is 10.0 Å². The van der Waals surface area contributed by atoms with Crippen LogP contribution < -0.4 is 10.6 Å². The molecule has 0 radical (unpaired) electrons. The molecule has 1 aromatic rings. The van der Waals surface area contributed by atoms with Crippen LogP contribution in [0.3, 0.4) is 0 Å². The van der Waals surface area contributed by atoms with Crippen molar-refractivity contribution in [3.05, 3.63) is 33.8 Å². The van der Waals surface area contributed by atoms with Crippen LogP contribution in [-0.2, 0) is 18.9 Å². The molecule has 1 fully saturated rings. The van der Waals surface area contributed by atoms with Gasteiger partial charge in [-0.2, -0.15) is 0 Å². The minimum Gasteiger partial charge on any atom is -0.508 e. The number of aliphatic hydroxyl groups excluding tert-OH is 1. The molecule has 1 heterocycles. The Bertz CT molecular complexity index is 794. The van der Waals surface area contributed by atoms with Crippen molar-refractivity contribution < 1.29 is 33.9 Å². The zero-order chi connectivity index (χ0) is 22.4. The van der Waals surface area contributed by atoms with Gasteiger partial charge in [-0.25, -0.2) is 0 Å². The summed E-state index contributed by atoms with van der Waals surface area (Å²) in [4.78, 5) is 36.4. The largest absolute Gasteiger partial charge is 0.551 e. The summed E-state index contributed by atoms with van der Waals surface area (Å²) in [5.41, 5.74) is 0.125. The quantitative estimate of drug-likeness (QED) is 0.334. The fourth-order valence-corrected chi connectivity index (χ4v) is 3.25. The summed E-state index contributed by atoms with van der Waals surface area (Å²) in [6.07, 6.45) is -2.95. The van der Waals surface area contributed by atoms with E-state index >= 15 is 0 Å². The third-order valence-corrected chi connectivity index (χ3v) is 4.80. The van der Waals surface area contributed by atoms with Crippen molar-refractivity contribution in [1.82, 2.24) is 10.6 Å². The van der Waals surface area contributed by atoms with Crippen LogP contribution in [0, 0.1) is 5.92 Å². The van der Waals surface area contributed by atoms with Gasteiger partial charge < -0.3 is 30.2 Å². The van der Waals surface area contributed by atoms with E-state index < -0.39 is 43.2 Å². The first kappa shape index (κ1) is 24.4. The van der Waals surface area contributed by atoms with Crippen LogP contribution in [-0.4, -0.2) is 60.0 Å². The highest BCUT2D eigenvalue weighted by molar-refractivity contribution is 6.49. The third-order valence-electron chi connectivity index (χ3n) is 4.24.